The quantitative estimate of drug-likeness (QED) is 0.502. The summed E-state index contributed by atoms with van der Waals surface area (Å²) < 4.78 is 84.4. The van der Waals surface area contributed by atoms with Crippen LogP contribution in [0, 0.1) is 6.92 Å². The lowest BCUT2D eigenvalue weighted by Gasteiger charge is -2.39. The van der Waals surface area contributed by atoms with E-state index in [0.29, 0.717) is 31.5 Å². The van der Waals surface area contributed by atoms with Crippen LogP contribution in [0.2, 0.25) is 0 Å². The average Bonchev–Trinajstić information content (AvgIpc) is 2.71. The summed E-state index contributed by atoms with van der Waals surface area (Å²) in [4.78, 5) is 13.5. The largest absolute Gasteiger partial charge is 0.416 e. The summed E-state index contributed by atoms with van der Waals surface area (Å²) >= 11 is 0. The minimum Gasteiger partial charge on any atom is -0.354 e. The van der Waals surface area contributed by atoms with Crippen LogP contribution in [0.4, 0.5) is 26.3 Å². The van der Waals surface area contributed by atoms with E-state index in [1.807, 2.05) is 31.2 Å². The van der Waals surface area contributed by atoms with Gasteiger partial charge < -0.3 is 9.64 Å². The smallest absolute Gasteiger partial charge is 0.354 e. The van der Waals surface area contributed by atoms with Crippen molar-refractivity contribution >= 4 is 5.91 Å². The van der Waals surface area contributed by atoms with Crippen molar-refractivity contribution < 1.29 is 35.9 Å². The van der Waals surface area contributed by atoms with E-state index in [1.54, 1.807) is 0 Å². The number of aryl methyl sites for hydroxylation is 1. The monoisotopic (exact) mass is 459 g/mol. The van der Waals surface area contributed by atoms with Gasteiger partial charge in [-0.15, -0.1) is 0 Å². The molecule has 0 N–H and O–H groups in total. The van der Waals surface area contributed by atoms with Gasteiger partial charge in [0.2, 0.25) is 5.91 Å². The molecule has 0 spiro atoms. The number of alkyl halides is 6. The standard InChI is InChI=1S/C23H23F6NO2/c1-14-5-3-4-6-20(14)17-7-8-30(15(2)31)21(11-17)32-13-16-9-18(22(24,25)26)12-19(10-16)23(27,28)29/h3-6,9-10,12,17,21H,7-8,11,13H2,1-2H3/t17-,21?/m0/s1. The second kappa shape index (κ2) is 9.13. The van der Waals surface area contributed by atoms with Crippen LogP contribution in [0.3, 0.4) is 0 Å². The molecule has 0 radical (unpaired) electrons. The van der Waals surface area contributed by atoms with E-state index in [0.717, 1.165) is 11.1 Å². The van der Waals surface area contributed by atoms with Crippen molar-refractivity contribution in [1.29, 1.82) is 0 Å². The average molecular weight is 459 g/mol. The first-order valence-electron chi connectivity index (χ1n) is 10.1. The number of hydrogen-bond donors (Lipinski definition) is 0. The molecular formula is C23H23F6NO2. The van der Waals surface area contributed by atoms with Crippen LogP contribution in [0.15, 0.2) is 42.5 Å². The molecule has 0 aromatic heterocycles. The Labute approximate surface area is 182 Å². The summed E-state index contributed by atoms with van der Waals surface area (Å²) in [6, 6.07) is 9.12. The van der Waals surface area contributed by atoms with Gasteiger partial charge in [0.15, 0.2) is 0 Å². The number of halogens is 6. The Hall–Kier alpha value is -2.55. The molecule has 32 heavy (non-hydrogen) atoms. The number of hydrogen-bond acceptors (Lipinski definition) is 2. The summed E-state index contributed by atoms with van der Waals surface area (Å²) in [6.45, 7) is 3.22. The van der Waals surface area contributed by atoms with Gasteiger partial charge >= 0.3 is 12.4 Å². The van der Waals surface area contributed by atoms with Crippen LogP contribution in [0.25, 0.3) is 0 Å². The van der Waals surface area contributed by atoms with Gasteiger partial charge in [0, 0.05) is 13.5 Å². The highest BCUT2D eigenvalue weighted by molar-refractivity contribution is 5.73. The predicted molar refractivity (Wildman–Crippen MR) is 106 cm³/mol. The van der Waals surface area contributed by atoms with E-state index in [-0.39, 0.29) is 23.5 Å². The van der Waals surface area contributed by atoms with Gasteiger partial charge in [-0.2, -0.15) is 26.3 Å². The zero-order chi connectivity index (χ0) is 23.7. The third-order valence-electron chi connectivity index (χ3n) is 5.67. The lowest BCUT2D eigenvalue weighted by Crippen LogP contribution is -2.46. The molecule has 1 aliphatic rings. The van der Waals surface area contributed by atoms with Gasteiger partial charge in [-0.1, -0.05) is 24.3 Å². The maximum atomic E-state index is 13.1. The van der Waals surface area contributed by atoms with E-state index < -0.39 is 36.3 Å². The number of nitrogens with zero attached hydrogens (tertiary/aromatic N) is 1. The van der Waals surface area contributed by atoms with Crippen molar-refractivity contribution in [3.63, 3.8) is 0 Å². The Morgan fingerprint density at radius 2 is 1.62 bits per heavy atom. The molecule has 3 nitrogen and oxygen atoms in total. The minimum atomic E-state index is -4.93. The van der Waals surface area contributed by atoms with Gasteiger partial charge in [-0.05, 0) is 60.6 Å². The number of piperidine rings is 1. The third kappa shape index (κ3) is 5.62. The number of rotatable bonds is 4. The maximum absolute atomic E-state index is 13.1. The number of amides is 1. The van der Waals surface area contributed by atoms with Crippen LogP contribution in [-0.4, -0.2) is 23.6 Å². The molecule has 9 heteroatoms. The number of ether oxygens (including phenoxy) is 1. The molecule has 2 aromatic rings. The highest BCUT2D eigenvalue weighted by Crippen LogP contribution is 2.37. The van der Waals surface area contributed by atoms with E-state index in [9.17, 15) is 31.1 Å². The lowest BCUT2D eigenvalue weighted by molar-refractivity contribution is -0.151. The summed E-state index contributed by atoms with van der Waals surface area (Å²) in [6.07, 6.45) is -9.53. The molecule has 2 atom stereocenters. The first-order chi connectivity index (χ1) is 14.9. The van der Waals surface area contributed by atoms with Crippen molar-refractivity contribution in [2.75, 3.05) is 6.54 Å². The Morgan fingerprint density at radius 1 is 1.03 bits per heavy atom. The van der Waals surface area contributed by atoms with Gasteiger partial charge in [0.1, 0.15) is 6.23 Å². The Bertz CT molecular complexity index is 937. The zero-order valence-corrected chi connectivity index (χ0v) is 17.6. The van der Waals surface area contributed by atoms with Crippen LogP contribution in [0.1, 0.15) is 53.5 Å². The molecule has 1 heterocycles. The van der Waals surface area contributed by atoms with Crippen molar-refractivity contribution in [3.05, 3.63) is 70.3 Å². The predicted octanol–water partition coefficient (Wildman–Crippen LogP) is 6.30. The summed E-state index contributed by atoms with van der Waals surface area (Å²) in [5.74, 6) is -0.206. The fraction of sp³-hybridized carbons (Fsp3) is 0.435. The van der Waals surface area contributed by atoms with E-state index in [2.05, 4.69) is 0 Å². The van der Waals surface area contributed by atoms with Crippen LogP contribution in [-0.2, 0) is 28.5 Å². The Balaban J connectivity index is 1.84. The van der Waals surface area contributed by atoms with Crippen molar-refractivity contribution in [1.82, 2.24) is 4.90 Å². The fourth-order valence-electron chi connectivity index (χ4n) is 4.07. The summed E-state index contributed by atoms with van der Waals surface area (Å²) in [5, 5.41) is 0. The summed E-state index contributed by atoms with van der Waals surface area (Å²) in [7, 11) is 0. The molecule has 0 aliphatic carbocycles. The molecule has 3 rings (SSSR count). The van der Waals surface area contributed by atoms with Gasteiger partial charge in [0.25, 0.3) is 0 Å². The zero-order valence-electron chi connectivity index (χ0n) is 17.6. The molecular weight excluding hydrogens is 436 g/mol. The second-order valence-electron chi connectivity index (χ2n) is 7.97. The molecule has 174 valence electrons. The molecule has 2 aromatic carbocycles. The topological polar surface area (TPSA) is 29.5 Å². The molecule has 1 unspecified atom stereocenters. The van der Waals surface area contributed by atoms with Gasteiger partial charge in [0.05, 0.1) is 17.7 Å². The fourth-order valence-corrected chi connectivity index (χ4v) is 4.07. The first-order valence-corrected chi connectivity index (χ1v) is 10.1. The minimum absolute atomic E-state index is 0.0593. The first kappa shape index (κ1) is 24.1. The summed E-state index contributed by atoms with van der Waals surface area (Å²) in [5.41, 5.74) is -0.886. The molecule has 1 fully saturated rings. The van der Waals surface area contributed by atoms with Gasteiger partial charge in [-0.3, -0.25) is 4.79 Å². The van der Waals surface area contributed by atoms with Crippen molar-refractivity contribution in [3.8, 4) is 0 Å². The highest BCUT2D eigenvalue weighted by Gasteiger charge is 2.37. The maximum Gasteiger partial charge on any atom is 0.416 e. The second-order valence-corrected chi connectivity index (χ2v) is 7.97. The van der Waals surface area contributed by atoms with Crippen LogP contribution in [0.5, 0.6) is 0 Å². The van der Waals surface area contributed by atoms with Crippen molar-refractivity contribution in [2.24, 2.45) is 0 Å². The van der Waals surface area contributed by atoms with E-state index in [4.69, 9.17) is 4.74 Å². The molecule has 1 amide bonds. The Morgan fingerprint density at radius 3 is 2.16 bits per heavy atom. The highest BCUT2D eigenvalue weighted by atomic mass is 19.4. The van der Waals surface area contributed by atoms with Crippen molar-refractivity contribution in [2.45, 2.75) is 57.8 Å². The van der Waals surface area contributed by atoms with Crippen LogP contribution >= 0.6 is 0 Å². The normalized spacial score (nSPS) is 19.8. The van der Waals surface area contributed by atoms with E-state index in [1.165, 1.54) is 11.8 Å². The van der Waals surface area contributed by atoms with Crippen LogP contribution < -0.4 is 0 Å². The number of benzene rings is 2. The Kier molecular flexibility index (Phi) is 6.88. The number of carbonyl (C=O) groups excluding carboxylic acids is 1. The molecule has 1 saturated heterocycles. The number of carbonyl (C=O) groups is 1. The lowest BCUT2D eigenvalue weighted by atomic mass is 9.86. The van der Waals surface area contributed by atoms with E-state index >= 15 is 0 Å². The molecule has 0 bridgehead atoms. The third-order valence-corrected chi connectivity index (χ3v) is 5.67. The SMILES string of the molecule is CC(=O)N1CC[C@H](c2ccccc2C)CC1OCc1cc(C(F)(F)F)cc(C(F)(F)F)c1. The molecule has 0 saturated carbocycles. The van der Waals surface area contributed by atoms with Gasteiger partial charge in [-0.25, -0.2) is 0 Å². The molecule has 1 aliphatic heterocycles. The number of likely N-dealkylation sites (tertiary alicyclic amines) is 1.